The lowest BCUT2D eigenvalue weighted by atomic mass is 10.2. The molecule has 0 aromatic carbocycles. The molecule has 5 nitrogen and oxygen atoms in total. The summed E-state index contributed by atoms with van der Waals surface area (Å²) < 4.78 is 0. The van der Waals surface area contributed by atoms with Crippen LogP contribution < -0.4 is 5.73 Å². The third-order valence-electron chi connectivity index (χ3n) is 3.19. The molecule has 5 heteroatoms. The molecule has 1 atom stereocenters. The fourth-order valence-electron chi connectivity index (χ4n) is 2.13. The van der Waals surface area contributed by atoms with Crippen molar-refractivity contribution in [3.05, 3.63) is 0 Å². The molecule has 0 spiro atoms. The van der Waals surface area contributed by atoms with Crippen LogP contribution in [0.1, 0.15) is 32.1 Å². The highest BCUT2D eigenvalue weighted by molar-refractivity contribution is 5.90. The first-order valence-corrected chi connectivity index (χ1v) is 5.49. The van der Waals surface area contributed by atoms with Gasteiger partial charge in [0.15, 0.2) is 5.84 Å². The number of nitrogens with zero attached hydrogens (tertiary/aromatic N) is 2. The van der Waals surface area contributed by atoms with Crippen molar-refractivity contribution in [2.45, 2.75) is 38.1 Å². The van der Waals surface area contributed by atoms with Crippen LogP contribution >= 0.6 is 0 Å². The number of rotatable bonds is 3. The highest BCUT2D eigenvalue weighted by atomic mass is 16.4. The van der Waals surface area contributed by atoms with E-state index in [-0.39, 0.29) is 17.8 Å². The Kier molecular flexibility index (Phi) is 2.79. The minimum absolute atomic E-state index is 0.159. The van der Waals surface area contributed by atoms with Crippen LogP contribution in [0.4, 0.5) is 0 Å². The summed E-state index contributed by atoms with van der Waals surface area (Å²) in [5.74, 6) is 0.911. The highest BCUT2D eigenvalue weighted by Crippen LogP contribution is 2.33. The van der Waals surface area contributed by atoms with Crippen molar-refractivity contribution < 1.29 is 10.0 Å². The van der Waals surface area contributed by atoms with E-state index >= 15 is 0 Å². The summed E-state index contributed by atoms with van der Waals surface area (Å²) in [5.41, 5.74) is 5.56. The SMILES string of the molecule is NC(=NO)C1CCCN1C(=O)CC1CC1. The Bertz CT molecular complexity index is 286. The summed E-state index contributed by atoms with van der Waals surface area (Å²) in [6.07, 6.45) is 4.74. The van der Waals surface area contributed by atoms with Crippen molar-refractivity contribution in [1.82, 2.24) is 4.90 Å². The molecular weight excluding hydrogens is 194 g/mol. The summed E-state index contributed by atoms with van der Waals surface area (Å²) >= 11 is 0. The second kappa shape index (κ2) is 4.08. The third kappa shape index (κ3) is 2.22. The van der Waals surface area contributed by atoms with E-state index in [2.05, 4.69) is 5.16 Å². The van der Waals surface area contributed by atoms with E-state index in [0.717, 1.165) is 19.4 Å². The maximum Gasteiger partial charge on any atom is 0.223 e. The minimum atomic E-state index is -0.179. The van der Waals surface area contributed by atoms with Crippen molar-refractivity contribution in [2.75, 3.05) is 6.54 Å². The van der Waals surface area contributed by atoms with Gasteiger partial charge in [0.25, 0.3) is 0 Å². The molecular formula is C10H17N3O2. The monoisotopic (exact) mass is 211 g/mol. The molecule has 84 valence electrons. The molecule has 1 saturated heterocycles. The summed E-state index contributed by atoms with van der Waals surface area (Å²) in [6, 6.07) is -0.179. The predicted molar refractivity (Wildman–Crippen MR) is 55.5 cm³/mol. The molecule has 1 amide bonds. The summed E-state index contributed by atoms with van der Waals surface area (Å²) in [4.78, 5) is 13.6. The quantitative estimate of drug-likeness (QED) is 0.309. The Hall–Kier alpha value is -1.26. The average molecular weight is 211 g/mol. The van der Waals surface area contributed by atoms with Gasteiger partial charge < -0.3 is 15.8 Å². The zero-order valence-corrected chi connectivity index (χ0v) is 8.72. The molecule has 3 N–H and O–H groups in total. The van der Waals surface area contributed by atoms with Crippen LogP contribution in [0.5, 0.6) is 0 Å². The molecule has 1 aliphatic carbocycles. The number of oxime groups is 1. The molecule has 1 heterocycles. The fourth-order valence-corrected chi connectivity index (χ4v) is 2.13. The van der Waals surface area contributed by atoms with Crippen molar-refractivity contribution in [3.8, 4) is 0 Å². The minimum Gasteiger partial charge on any atom is -0.409 e. The van der Waals surface area contributed by atoms with Crippen molar-refractivity contribution in [3.63, 3.8) is 0 Å². The van der Waals surface area contributed by atoms with Gasteiger partial charge in [0.1, 0.15) is 0 Å². The average Bonchev–Trinajstić information content (AvgIpc) is 2.90. The highest BCUT2D eigenvalue weighted by Gasteiger charge is 2.34. The number of nitrogens with two attached hydrogens (primary N) is 1. The van der Waals surface area contributed by atoms with Gasteiger partial charge in [-0.2, -0.15) is 0 Å². The van der Waals surface area contributed by atoms with Gasteiger partial charge in [-0.05, 0) is 31.6 Å². The number of carbonyl (C=O) groups is 1. The fraction of sp³-hybridized carbons (Fsp3) is 0.800. The first-order chi connectivity index (χ1) is 7.22. The number of amidine groups is 1. The molecule has 2 rings (SSSR count). The summed E-state index contributed by atoms with van der Waals surface area (Å²) in [5, 5.41) is 11.6. The van der Waals surface area contributed by atoms with E-state index in [1.165, 1.54) is 12.8 Å². The summed E-state index contributed by atoms with van der Waals surface area (Å²) in [7, 11) is 0. The molecule has 0 aromatic heterocycles. The largest absolute Gasteiger partial charge is 0.409 e. The lowest BCUT2D eigenvalue weighted by Gasteiger charge is -2.23. The molecule has 1 aliphatic heterocycles. The number of hydrogen-bond acceptors (Lipinski definition) is 3. The van der Waals surface area contributed by atoms with Crippen LogP contribution in [0.15, 0.2) is 5.16 Å². The van der Waals surface area contributed by atoms with Gasteiger partial charge in [-0.25, -0.2) is 0 Å². The van der Waals surface area contributed by atoms with Crippen LogP contribution in [0.3, 0.4) is 0 Å². The Morgan fingerprint density at radius 3 is 2.80 bits per heavy atom. The van der Waals surface area contributed by atoms with Crippen LogP contribution in [0.25, 0.3) is 0 Å². The topological polar surface area (TPSA) is 78.9 Å². The molecule has 0 aromatic rings. The number of hydrogen-bond donors (Lipinski definition) is 2. The smallest absolute Gasteiger partial charge is 0.223 e. The van der Waals surface area contributed by atoms with E-state index in [9.17, 15) is 4.79 Å². The standard InChI is InChI=1S/C10H17N3O2/c11-10(12-15)8-2-1-5-13(8)9(14)6-7-3-4-7/h7-8,15H,1-6H2,(H2,11,12). The van der Waals surface area contributed by atoms with Gasteiger partial charge in [-0.1, -0.05) is 5.16 Å². The van der Waals surface area contributed by atoms with Gasteiger partial charge in [0.05, 0.1) is 6.04 Å². The molecule has 15 heavy (non-hydrogen) atoms. The molecule has 2 aliphatic rings. The van der Waals surface area contributed by atoms with E-state index in [0.29, 0.717) is 12.3 Å². The van der Waals surface area contributed by atoms with Crippen molar-refractivity contribution in [2.24, 2.45) is 16.8 Å². The Morgan fingerprint density at radius 2 is 2.20 bits per heavy atom. The van der Waals surface area contributed by atoms with E-state index in [4.69, 9.17) is 10.9 Å². The van der Waals surface area contributed by atoms with Gasteiger partial charge in [0.2, 0.25) is 5.91 Å². The van der Waals surface area contributed by atoms with Crippen LogP contribution in [-0.4, -0.2) is 34.4 Å². The van der Waals surface area contributed by atoms with E-state index in [1.807, 2.05) is 0 Å². The second-order valence-electron chi connectivity index (χ2n) is 4.42. The predicted octanol–water partition coefficient (Wildman–Crippen LogP) is 0.524. The van der Waals surface area contributed by atoms with Gasteiger partial charge in [-0.15, -0.1) is 0 Å². The normalized spacial score (nSPS) is 27.1. The zero-order valence-electron chi connectivity index (χ0n) is 8.72. The first kappa shape index (κ1) is 10.3. The van der Waals surface area contributed by atoms with Gasteiger partial charge >= 0.3 is 0 Å². The van der Waals surface area contributed by atoms with Gasteiger partial charge in [-0.3, -0.25) is 4.79 Å². The summed E-state index contributed by atoms with van der Waals surface area (Å²) in [6.45, 7) is 0.742. The second-order valence-corrected chi connectivity index (χ2v) is 4.42. The van der Waals surface area contributed by atoms with Crippen molar-refractivity contribution >= 4 is 11.7 Å². The maximum atomic E-state index is 11.9. The molecule has 1 unspecified atom stereocenters. The number of amides is 1. The molecule has 2 fully saturated rings. The number of carbonyl (C=O) groups excluding carboxylic acids is 1. The first-order valence-electron chi connectivity index (χ1n) is 5.49. The van der Waals surface area contributed by atoms with E-state index in [1.54, 1.807) is 4.90 Å². The molecule has 0 bridgehead atoms. The lowest BCUT2D eigenvalue weighted by molar-refractivity contribution is -0.131. The van der Waals surface area contributed by atoms with Crippen molar-refractivity contribution in [1.29, 1.82) is 0 Å². The maximum absolute atomic E-state index is 11.9. The van der Waals surface area contributed by atoms with Crippen LogP contribution in [0, 0.1) is 5.92 Å². The van der Waals surface area contributed by atoms with Crippen LogP contribution in [0.2, 0.25) is 0 Å². The van der Waals surface area contributed by atoms with E-state index < -0.39 is 0 Å². The van der Waals surface area contributed by atoms with Crippen LogP contribution in [-0.2, 0) is 4.79 Å². The Labute approximate surface area is 88.9 Å². The Morgan fingerprint density at radius 1 is 1.47 bits per heavy atom. The lowest BCUT2D eigenvalue weighted by Crippen LogP contribution is -2.43. The molecule has 1 saturated carbocycles. The number of likely N-dealkylation sites (tertiary alicyclic amines) is 1. The Balaban J connectivity index is 1.96. The molecule has 0 radical (unpaired) electrons. The third-order valence-corrected chi connectivity index (χ3v) is 3.19. The van der Waals surface area contributed by atoms with Gasteiger partial charge in [0, 0.05) is 13.0 Å². The zero-order chi connectivity index (χ0) is 10.8.